The van der Waals surface area contributed by atoms with Crippen molar-refractivity contribution in [3.05, 3.63) is 57.3 Å². The zero-order chi connectivity index (χ0) is 20.0. The molecule has 1 aromatic carbocycles. The van der Waals surface area contributed by atoms with Crippen molar-refractivity contribution in [3.63, 3.8) is 0 Å². The number of amides is 1. The summed E-state index contributed by atoms with van der Waals surface area (Å²) in [4.78, 5) is 35.6. The van der Waals surface area contributed by atoms with Crippen molar-refractivity contribution in [1.29, 1.82) is 5.26 Å². The number of aryl methyl sites for hydroxylation is 2. The predicted octanol–water partition coefficient (Wildman–Crippen LogP) is 2.91. The molecular formula is C18H17N3O6. The lowest BCUT2D eigenvalue weighted by Crippen LogP contribution is -2.35. The molecule has 0 fully saturated rings. The van der Waals surface area contributed by atoms with Gasteiger partial charge >= 0.3 is 11.9 Å². The normalized spacial score (nSPS) is 10.1. The average Bonchev–Trinajstić information content (AvgIpc) is 3.09. The fourth-order valence-corrected chi connectivity index (χ4v) is 2.48. The van der Waals surface area contributed by atoms with Crippen molar-refractivity contribution in [2.75, 3.05) is 18.1 Å². The quantitative estimate of drug-likeness (QED) is 0.416. The van der Waals surface area contributed by atoms with Crippen LogP contribution in [0.25, 0.3) is 0 Å². The molecule has 140 valence electrons. The van der Waals surface area contributed by atoms with Crippen LogP contribution in [0.2, 0.25) is 0 Å². The van der Waals surface area contributed by atoms with E-state index in [-0.39, 0.29) is 18.7 Å². The zero-order valence-corrected chi connectivity index (χ0v) is 14.8. The predicted molar refractivity (Wildman–Crippen MR) is 94.1 cm³/mol. The maximum absolute atomic E-state index is 12.5. The maximum atomic E-state index is 12.5. The summed E-state index contributed by atoms with van der Waals surface area (Å²) in [6, 6.07) is 9.62. The standard InChI is InChI=1S/C18H17N3O6/c1-12-8-13(2)10-14(9-12)20(7-3-6-19)16(22)11-26-18(23)15-4-5-17(27-15)21(24)25/h4-5,8-10H,3,7,11H2,1-2H3. The summed E-state index contributed by atoms with van der Waals surface area (Å²) in [5, 5.41) is 19.4. The number of carbonyl (C=O) groups is 2. The van der Waals surface area contributed by atoms with Gasteiger partial charge in [-0.25, -0.2) is 4.79 Å². The second-order valence-corrected chi connectivity index (χ2v) is 5.77. The minimum Gasteiger partial charge on any atom is -0.450 e. The van der Waals surface area contributed by atoms with E-state index in [2.05, 4.69) is 0 Å². The summed E-state index contributed by atoms with van der Waals surface area (Å²) in [6.07, 6.45) is 0.108. The van der Waals surface area contributed by atoms with Crippen LogP contribution in [0.3, 0.4) is 0 Å². The Bertz CT molecular complexity index is 892. The monoisotopic (exact) mass is 371 g/mol. The molecule has 27 heavy (non-hydrogen) atoms. The fourth-order valence-electron chi connectivity index (χ4n) is 2.48. The van der Waals surface area contributed by atoms with Gasteiger partial charge in [-0.05, 0) is 43.2 Å². The van der Waals surface area contributed by atoms with Gasteiger partial charge in [0.15, 0.2) is 6.61 Å². The molecule has 9 nitrogen and oxygen atoms in total. The maximum Gasteiger partial charge on any atom is 0.433 e. The van der Waals surface area contributed by atoms with Crippen molar-refractivity contribution >= 4 is 23.4 Å². The molecule has 0 unspecified atom stereocenters. The van der Waals surface area contributed by atoms with E-state index in [1.807, 2.05) is 26.0 Å². The Labute approximate surface area is 154 Å². The number of nitrogens with zero attached hydrogens (tertiary/aromatic N) is 3. The summed E-state index contributed by atoms with van der Waals surface area (Å²) in [5.74, 6) is -2.48. The molecule has 0 saturated heterocycles. The third kappa shape index (κ3) is 5.15. The Morgan fingerprint density at radius 2 is 1.93 bits per heavy atom. The number of nitro groups is 1. The highest BCUT2D eigenvalue weighted by molar-refractivity contribution is 5.96. The van der Waals surface area contributed by atoms with E-state index in [1.54, 1.807) is 12.1 Å². The van der Waals surface area contributed by atoms with Crippen LogP contribution in [0.1, 0.15) is 28.1 Å². The minimum absolute atomic E-state index is 0.108. The minimum atomic E-state index is -0.989. The SMILES string of the molecule is Cc1cc(C)cc(N(CCC#N)C(=O)COC(=O)c2ccc([N+](=O)[O-])o2)c1. The number of carbonyl (C=O) groups excluding carboxylic acids is 2. The molecule has 1 heterocycles. The van der Waals surface area contributed by atoms with Gasteiger partial charge in [0.2, 0.25) is 5.76 Å². The van der Waals surface area contributed by atoms with Crippen molar-refractivity contribution in [3.8, 4) is 6.07 Å². The molecule has 0 aliphatic carbocycles. The molecule has 0 atom stereocenters. The highest BCUT2D eigenvalue weighted by atomic mass is 16.7. The van der Waals surface area contributed by atoms with Crippen molar-refractivity contribution < 1.29 is 23.7 Å². The Morgan fingerprint density at radius 3 is 2.48 bits per heavy atom. The summed E-state index contributed by atoms with van der Waals surface area (Å²) in [7, 11) is 0. The molecule has 2 rings (SSSR count). The van der Waals surface area contributed by atoms with E-state index in [4.69, 9.17) is 14.4 Å². The first-order valence-electron chi connectivity index (χ1n) is 7.98. The van der Waals surface area contributed by atoms with Crippen molar-refractivity contribution in [1.82, 2.24) is 0 Å². The Hall–Kier alpha value is -3.67. The van der Waals surface area contributed by atoms with E-state index >= 15 is 0 Å². The fraction of sp³-hybridized carbons (Fsp3) is 0.278. The molecule has 2 aromatic rings. The van der Waals surface area contributed by atoms with Gasteiger partial charge < -0.3 is 14.1 Å². The number of esters is 1. The van der Waals surface area contributed by atoms with Crippen LogP contribution in [0, 0.1) is 35.3 Å². The molecule has 0 aliphatic heterocycles. The molecule has 0 N–H and O–H groups in total. The molecule has 0 saturated carbocycles. The lowest BCUT2D eigenvalue weighted by Gasteiger charge is -2.22. The average molecular weight is 371 g/mol. The van der Waals surface area contributed by atoms with Gasteiger partial charge in [0.25, 0.3) is 5.91 Å². The number of hydrogen-bond acceptors (Lipinski definition) is 7. The molecule has 0 aliphatic rings. The lowest BCUT2D eigenvalue weighted by atomic mass is 10.1. The lowest BCUT2D eigenvalue weighted by molar-refractivity contribution is -0.402. The van der Waals surface area contributed by atoms with Crippen LogP contribution in [-0.4, -0.2) is 30.0 Å². The first-order valence-corrected chi connectivity index (χ1v) is 7.98. The van der Waals surface area contributed by atoms with E-state index in [0.29, 0.717) is 5.69 Å². The molecule has 1 aromatic heterocycles. The highest BCUT2D eigenvalue weighted by Gasteiger charge is 2.22. The van der Waals surface area contributed by atoms with Gasteiger partial charge in [-0.3, -0.25) is 14.9 Å². The van der Waals surface area contributed by atoms with Gasteiger partial charge in [0.1, 0.15) is 4.92 Å². The van der Waals surface area contributed by atoms with Gasteiger partial charge in [0.05, 0.1) is 18.6 Å². The van der Waals surface area contributed by atoms with Gasteiger partial charge in [-0.15, -0.1) is 0 Å². The molecule has 9 heteroatoms. The van der Waals surface area contributed by atoms with Crippen LogP contribution in [0.4, 0.5) is 11.6 Å². The van der Waals surface area contributed by atoms with E-state index < -0.39 is 29.3 Å². The molecule has 0 spiro atoms. The summed E-state index contributed by atoms with van der Waals surface area (Å²) in [5.41, 5.74) is 2.48. The highest BCUT2D eigenvalue weighted by Crippen LogP contribution is 2.20. The topological polar surface area (TPSA) is 127 Å². The third-order valence-electron chi connectivity index (χ3n) is 3.57. The zero-order valence-electron chi connectivity index (χ0n) is 14.8. The Morgan fingerprint density at radius 1 is 1.26 bits per heavy atom. The number of rotatable bonds is 7. The molecule has 0 radical (unpaired) electrons. The van der Waals surface area contributed by atoms with Gasteiger partial charge in [-0.1, -0.05) is 6.07 Å². The van der Waals surface area contributed by atoms with E-state index in [0.717, 1.165) is 23.3 Å². The molecule has 0 bridgehead atoms. The van der Waals surface area contributed by atoms with E-state index in [1.165, 1.54) is 4.90 Å². The first kappa shape index (κ1) is 19.7. The number of anilines is 1. The smallest absolute Gasteiger partial charge is 0.433 e. The van der Waals surface area contributed by atoms with Crippen molar-refractivity contribution in [2.24, 2.45) is 0 Å². The molecule has 1 amide bonds. The number of hydrogen-bond donors (Lipinski definition) is 0. The van der Waals surface area contributed by atoms with Gasteiger partial charge in [0, 0.05) is 12.2 Å². The van der Waals surface area contributed by atoms with Crippen LogP contribution >= 0.6 is 0 Å². The Kier molecular flexibility index (Phi) is 6.27. The van der Waals surface area contributed by atoms with Crippen molar-refractivity contribution in [2.45, 2.75) is 20.3 Å². The van der Waals surface area contributed by atoms with Crippen LogP contribution in [0.15, 0.2) is 34.7 Å². The van der Waals surface area contributed by atoms with Crippen LogP contribution in [0.5, 0.6) is 0 Å². The summed E-state index contributed by atoms with van der Waals surface area (Å²) < 4.78 is 9.64. The number of nitriles is 1. The van der Waals surface area contributed by atoms with Crippen LogP contribution < -0.4 is 4.90 Å². The van der Waals surface area contributed by atoms with Crippen LogP contribution in [-0.2, 0) is 9.53 Å². The Balaban J connectivity index is 2.09. The second-order valence-electron chi connectivity index (χ2n) is 5.77. The summed E-state index contributed by atoms with van der Waals surface area (Å²) in [6.45, 7) is 3.31. The number of benzene rings is 1. The first-order chi connectivity index (χ1) is 12.8. The summed E-state index contributed by atoms with van der Waals surface area (Å²) >= 11 is 0. The molecular weight excluding hydrogens is 354 g/mol. The third-order valence-corrected chi connectivity index (χ3v) is 3.57. The van der Waals surface area contributed by atoms with E-state index in [9.17, 15) is 19.7 Å². The largest absolute Gasteiger partial charge is 0.450 e. The number of ether oxygens (including phenoxy) is 1. The second kappa shape index (κ2) is 8.62. The number of furan rings is 1. The van der Waals surface area contributed by atoms with Gasteiger partial charge in [-0.2, -0.15) is 5.26 Å².